The summed E-state index contributed by atoms with van der Waals surface area (Å²) >= 11 is 1.92. The maximum Gasteiger partial charge on any atom is 0.260 e. The summed E-state index contributed by atoms with van der Waals surface area (Å²) in [6.07, 6.45) is 0. The molecule has 2 aliphatic heterocycles. The molecule has 9 aromatic carbocycles. The van der Waals surface area contributed by atoms with Crippen LogP contribution in [0, 0.1) is 0 Å². The van der Waals surface area contributed by atoms with Gasteiger partial charge in [0, 0.05) is 59.5 Å². The van der Waals surface area contributed by atoms with Crippen molar-refractivity contribution < 1.29 is 9.47 Å². The molecule has 0 bridgehead atoms. The second-order valence-electron chi connectivity index (χ2n) is 17.5. The Bertz CT molecular complexity index is 3620. The van der Waals surface area contributed by atoms with Crippen LogP contribution >= 0.6 is 11.3 Å². The Balaban J connectivity index is 1.08. The second-order valence-corrected chi connectivity index (χ2v) is 18.6. The van der Waals surface area contributed by atoms with Crippen LogP contribution in [0.3, 0.4) is 0 Å². The minimum absolute atomic E-state index is 0.0653. The van der Waals surface area contributed by atoms with Gasteiger partial charge < -0.3 is 14.0 Å². The normalized spacial score (nSPS) is 14.0. The van der Waals surface area contributed by atoms with Crippen LogP contribution in [0.4, 0.5) is 0 Å². The molecule has 4 heterocycles. The van der Waals surface area contributed by atoms with E-state index in [-0.39, 0.29) is 12.1 Å². The molecule has 11 aromatic rings. The Hall–Kier alpha value is -7.34. The third kappa shape index (κ3) is 4.56. The van der Waals surface area contributed by atoms with Crippen LogP contribution in [-0.2, 0) is 5.41 Å². The van der Waals surface area contributed by atoms with Crippen molar-refractivity contribution in [3.05, 3.63) is 193 Å². The van der Waals surface area contributed by atoms with Crippen LogP contribution in [0.1, 0.15) is 25.0 Å². The van der Waals surface area contributed by atoms with Crippen molar-refractivity contribution in [1.82, 2.24) is 4.57 Å². The number of rotatable bonds is 3. The number of aromatic nitrogens is 1. The van der Waals surface area contributed by atoms with Crippen molar-refractivity contribution in [3.8, 4) is 62.1 Å². The second kappa shape index (κ2) is 12.4. The highest BCUT2D eigenvalue weighted by atomic mass is 32.1. The highest BCUT2D eigenvalue weighted by Crippen LogP contribution is 2.59. The molecule has 2 aromatic heterocycles. The smallest absolute Gasteiger partial charge is 0.260 e. The molecule has 3 aliphatic rings. The molecule has 0 spiro atoms. The van der Waals surface area contributed by atoms with Gasteiger partial charge in [0.15, 0.2) is 0 Å². The lowest BCUT2D eigenvalue weighted by atomic mass is 9.34. The van der Waals surface area contributed by atoms with Crippen LogP contribution in [-0.4, -0.2) is 11.3 Å². The molecule has 0 atom stereocenters. The van der Waals surface area contributed by atoms with E-state index in [1.807, 2.05) is 11.3 Å². The molecule has 0 amide bonds. The van der Waals surface area contributed by atoms with Gasteiger partial charge in [-0.25, -0.2) is 0 Å². The Morgan fingerprint density at radius 1 is 0.516 bits per heavy atom. The van der Waals surface area contributed by atoms with Crippen molar-refractivity contribution in [2.45, 2.75) is 19.3 Å². The first-order chi connectivity index (χ1) is 30.5. The summed E-state index contributed by atoms with van der Waals surface area (Å²) < 4.78 is 19.5. The van der Waals surface area contributed by atoms with Crippen LogP contribution in [0.15, 0.2) is 182 Å². The van der Waals surface area contributed by atoms with Gasteiger partial charge in [0.1, 0.15) is 23.0 Å². The van der Waals surface area contributed by atoms with Gasteiger partial charge in [-0.1, -0.05) is 159 Å². The van der Waals surface area contributed by atoms with E-state index in [0.29, 0.717) is 0 Å². The van der Waals surface area contributed by atoms with Gasteiger partial charge in [-0.15, -0.1) is 11.3 Å². The number of para-hydroxylation sites is 1. The average Bonchev–Trinajstić information content (AvgIpc) is 3.94. The van der Waals surface area contributed by atoms with Gasteiger partial charge in [0.05, 0.1) is 16.7 Å². The molecular formula is C57H36BNO2S. The summed E-state index contributed by atoms with van der Waals surface area (Å²) in [6.45, 7) is 4.76. The number of thiophene rings is 1. The maximum absolute atomic E-state index is 7.16. The number of benzene rings is 9. The first-order valence-electron chi connectivity index (χ1n) is 21.4. The quantitative estimate of drug-likeness (QED) is 0.166. The molecule has 3 nitrogen and oxygen atoms in total. The fourth-order valence-corrected chi connectivity index (χ4v) is 12.5. The molecule has 0 unspecified atom stereocenters. The Labute approximate surface area is 363 Å². The summed E-state index contributed by atoms with van der Waals surface area (Å²) in [7, 11) is 0. The van der Waals surface area contributed by atoms with Gasteiger partial charge in [0.25, 0.3) is 6.71 Å². The van der Waals surface area contributed by atoms with E-state index >= 15 is 0 Å². The van der Waals surface area contributed by atoms with Gasteiger partial charge in [0.2, 0.25) is 0 Å². The number of nitrogens with zero attached hydrogens (tertiary/aromatic N) is 1. The fourth-order valence-electron chi connectivity index (χ4n) is 11.2. The summed E-state index contributed by atoms with van der Waals surface area (Å²) in [6, 6.07) is 66.1. The maximum atomic E-state index is 7.16. The highest BCUT2D eigenvalue weighted by molar-refractivity contribution is 7.26. The molecule has 0 saturated heterocycles. The van der Waals surface area contributed by atoms with E-state index in [4.69, 9.17) is 9.47 Å². The number of fused-ring (bicyclic) bond motifs is 16. The Morgan fingerprint density at radius 3 is 1.77 bits per heavy atom. The van der Waals surface area contributed by atoms with Crippen molar-refractivity contribution in [3.63, 3.8) is 0 Å². The van der Waals surface area contributed by atoms with Crippen molar-refractivity contribution >= 4 is 76.4 Å². The molecule has 62 heavy (non-hydrogen) atoms. The molecule has 1 aliphatic carbocycles. The van der Waals surface area contributed by atoms with Gasteiger partial charge in [-0.3, -0.25) is 0 Å². The lowest BCUT2D eigenvalue weighted by molar-refractivity contribution is 0.464. The van der Waals surface area contributed by atoms with Crippen LogP contribution in [0.5, 0.6) is 23.0 Å². The molecule has 5 heteroatoms. The first kappa shape index (κ1) is 34.4. The molecular weight excluding hydrogens is 774 g/mol. The number of hydrogen-bond donors (Lipinski definition) is 0. The fraction of sp³-hybridized carbons (Fsp3) is 0.0526. The summed E-state index contributed by atoms with van der Waals surface area (Å²) in [5.41, 5.74) is 16.6. The van der Waals surface area contributed by atoms with Crippen molar-refractivity contribution in [2.75, 3.05) is 0 Å². The highest BCUT2D eigenvalue weighted by Gasteiger charge is 2.43. The zero-order chi connectivity index (χ0) is 40.8. The number of ether oxygens (including phenoxy) is 2. The van der Waals surface area contributed by atoms with Crippen molar-refractivity contribution in [2.24, 2.45) is 0 Å². The van der Waals surface area contributed by atoms with Crippen molar-refractivity contribution in [1.29, 1.82) is 0 Å². The van der Waals surface area contributed by atoms with E-state index < -0.39 is 0 Å². The van der Waals surface area contributed by atoms with E-state index in [1.54, 1.807) is 0 Å². The third-order valence-corrected chi connectivity index (χ3v) is 15.1. The van der Waals surface area contributed by atoms with Gasteiger partial charge in [-0.05, 0) is 74.1 Å². The summed E-state index contributed by atoms with van der Waals surface area (Å²) in [5, 5.41) is 5.14. The van der Waals surface area contributed by atoms with Crippen LogP contribution < -0.4 is 25.9 Å². The lowest BCUT2D eigenvalue weighted by Gasteiger charge is -2.34. The molecule has 0 radical (unpaired) electrons. The van der Waals surface area contributed by atoms with E-state index in [9.17, 15) is 0 Å². The molecule has 14 rings (SSSR count). The molecule has 0 fully saturated rings. The predicted octanol–water partition coefficient (Wildman–Crippen LogP) is 13.5. The average molecular weight is 810 g/mol. The van der Waals surface area contributed by atoms with Gasteiger partial charge >= 0.3 is 0 Å². The van der Waals surface area contributed by atoms with E-state index in [0.717, 1.165) is 72.8 Å². The molecule has 0 N–H and O–H groups in total. The minimum atomic E-state index is -0.217. The van der Waals surface area contributed by atoms with Crippen LogP contribution in [0.2, 0.25) is 0 Å². The largest absolute Gasteiger partial charge is 0.458 e. The van der Waals surface area contributed by atoms with Gasteiger partial charge in [-0.2, -0.15) is 0 Å². The minimum Gasteiger partial charge on any atom is -0.458 e. The van der Waals surface area contributed by atoms with Crippen LogP contribution in [0.25, 0.3) is 81.0 Å². The van der Waals surface area contributed by atoms with E-state index in [2.05, 4.69) is 200 Å². The molecule has 290 valence electrons. The SMILES string of the molecule is CC1(C)c2ccccc2-c2c1c1c3ccccc3n(-c3cc4c5c(c3)Oc3cc(-c6ccccc6)ccc3B5c3ccc(-c5ccccc5)cc3O4)c1c1c2sc2ccccc21. The zero-order valence-corrected chi connectivity index (χ0v) is 34.9. The zero-order valence-electron chi connectivity index (χ0n) is 34.1. The Morgan fingerprint density at radius 2 is 1.10 bits per heavy atom. The lowest BCUT2D eigenvalue weighted by Crippen LogP contribution is -2.57. The number of hydrogen-bond acceptors (Lipinski definition) is 3. The first-order valence-corrected chi connectivity index (χ1v) is 22.3. The topological polar surface area (TPSA) is 23.4 Å². The monoisotopic (exact) mass is 809 g/mol. The Kier molecular flexibility index (Phi) is 6.86. The standard InChI is InChI=1S/C57H36BNO2S/c1-57(2)41-22-12-9-19-38(41)51-53(57)50-39-20-10-13-23-44(39)59(55(50)52-40-21-11-14-24-49(40)62-56(51)52)37-31-47-54-48(32-37)61-46-30-36(34-17-7-4-8-18-34)26-28-43(46)58(54)42-27-25-35(29-45(42)60-47)33-15-5-3-6-16-33/h3-32H,1-2H3. The summed E-state index contributed by atoms with van der Waals surface area (Å²) in [4.78, 5) is 0. The molecule has 0 saturated carbocycles. The summed E-state index contributed by atoms with van der Waals surface area (Å²) in [5.74, 6) is 3.39. The predicted molar refractivity (Wildman–Crippen MR) is 260 cm³/mol. The third-order valence-electron chi connectivity index (χ3n) is 13.9. The van der Waals surface area contributed by atoms with E-state index in [1.165, 1.54) is 58.7 Å².